The molecular weight excluding hydrogens is 278 g/mol. The smallest absolute Gasteiger partial charge is 0.239 e. The topological polar surface area (TPSA) is 44.8 Å². The fraction of sp³-hybridized carbons (Fsp3) is 0.588. The Labute approximate surface area is 132 Å². The van der Waals surface area contributed by atoms with E-state index in [1.165, 1.54) is 12.1 Å². The summed E-state index contributed by atoms with van der Waals surface area (Å²) in [4.78, 5) is 16.9. The summed E-state index contributed by atoms with van der Waals surface area (Å²) in [5, 5.41) is 3.35. The van der Waals surface area contributed by atoms with Crippen molar-refractivity contribution in [2.75, 3.05) is 44.7 Å². The van der Waals surface area contributed by atoms with E-state index >= 15 is 0 Å². The molecule has 0 unspecified atom stereocenters. The average Bonchev–Trinajstić information content (AvgIpc) is 2.62. The van der Waals surface area contributed by atoms with Gasteiger partial charge in [0.25, 0.3) is 0 Å². The van der Waals surface area contributed by atoms with Gasteiger partial charge in [0.05, 0.1) is 13.2 Å². The number of carbonyl (C=O) groups is 1. The zero-order valence-electron chi connectivity index (χ0n) is 13.3. The standard InChI is InChI=1S/C17H25N3O2/c1-22-15-6-4-5-14(13-15)19-9-11-20(12-10-19)17(21)16-7-2-3-8-18-16/h4-6,13,16,18H,2-3,7-12H2,1H3/t16-/m1/s1. The molecule has 2 aliphatic heterocycles. The van der Waals surface area contributed by atoms with Gasteiger partial charge in [-0.2, -0.15) is 0 Å². The van der Waals surface area contributed by atoms with Crippen LogP contribution in [0.4, 0.5) is 5.69 Å². The maximum atomic E-state index is 12.5. The molecule has 0 radical (unpaired) electrons. The third-order valence-electron chi connectivity index (χ3n) is 4.62. The van der Waals surface area contributed by atoms with E-state index in [1.54, 1.807) is 7.11 Å². The van der Waals surface area contributed by atoms with Gasteiger partial charge in [0.2, 0.25) is 5.91 Å². The van der Waals surface area contributed by atoms with E-state index < -0.39 is 0 Å². The van der Waals surface area contributed by atoms with Crippen LogP contribution in [0.25, 0.3) is 0 Å². The predicted octanol–water partition coefficient (Wildman–Crippen LogP) is 1.49. The maximum Gasteiger partial charge on any atom is 0.239 e. The number of piperidine rings is 1. The number of nitrogens with zero attached hydrogens (tertiary/aromatic N) is 2. The van der Waals surface area contributed by atoms with Crippen molar-refractivity contribution in [3.05, 3.63) is 24.3 Å². The molecule has 0 aromatic heterocycles. The van der Waals surface area contributed by atoms with Crippen molar-refractivity contribution >= 4 is 11.6 Å². The summed E-state index contributed by atoms with van der Waals surface area (Å²) in [5.41, 5.74) is 1.17. The molecule has 120 valence electrons. The summed E-state index contributed by atoms with van der Waals surface area (Å²) < 4.78 is 5.28. The first-order chi connectivity index (χ1) is 10.8. The Morgan fingerprint density at radius 2 is 2.05 bits per heavy atom. The minimum Gasteiger partial charge on any atom is -0.497 e. The summed E-state index contributed by atoms with van der Waals surface area (Å²) in [7, 11) is 1.69. The van der Waals surface area contributed by atoms with Crippen LogP contribution in [-0.4, -0.2) is 56.7 Å². The average molecular weight is 303 g/mol. The van der Waals surface area contributed by atoms with Gasteiger partial charge in [0, 0.05) is 37.9 Å². The van der Waals surface area contributed by atoms with Crippen LogP contribution in [-0.2, 0) is 4.79 Å². The van der Waals surface area contributed by atoms with Crippen molar-refractivity contribution in [1.82, 2.24) is 10.2 Å². The highest BCUT2D eigenvalue weighted by molar-refractivity contribution is 5.82. The number of amides is 1. The Bertz CT molecular complexity index is 506. The van der Waals surface area contributed by atoms with Crippen molar-refractivity contribution in [3.63, 3.8) is 0 Å². The molecular formula is C17H25N3O2. The van der Waals surface area contributed by atoms with Crippen molar-refractivity contribution in [3.8, 4) is 5.75 Å². The number of ether oxygens (including phenoxy) is 1. The molecule has 5 heteroatoms. The molecule has 1 N–H and O–H groups in total. The lowest BCUT2D eigenvalue weighted by molar-refractivity contribution is -0.134. The number of carbonyl (C=O) groups excluding carboxylic acids is 1. The van der Waals surface area contributed by atoms with Gasteiger partial charge in [-0.05, 0) is 31.5 Å². The molecule has 5 nitrogen and oxygen atoms in total. The quantitative estimate of drug-likeness (QED) is 0.919. The predicted molar refractivity (Wildman–Crippen MR) is 87.4 cm³/mol. The first kappa shape index (κ1) is 15.2. The van der Waals surface area contributed by atoms with E-state index in [0.29, 0.717) is 0 Å². The SMILES string of the molecule is COc1cccc(N2CCN(C(=O)[C@H]3CCCCN3)CC2)c1. The molecule has 1 atom stereocenters. The van der Waals surface area contributed by atoms with Gasteiger partial charge < -0.3 is 19.9 Å². The number of benzene rings is 1. The van der Waals surface area contributed by atoms with Gasteiger partial charge in [-0.25, -0.2) is 0 Å². The van der Waals surface area contributed by atoms with Gasteiger partial charge in [-0.1, -0.05) is 12.5 Å². The van der Waals surface area contributed by atoms with E-state index in [1.807, 2.05) is 17.0 Å². The summed E-state index contributed by atoms with van der Waals surface area (Å²) >= 11 is 0. The lowest BCUT2D eigenvalue weighted by Crippen LogP contribution is -2.55. The van der Waals surface area contributed by atoms with Crippen molar-refractivity contribution in [1.29, 1.82) is 0 Å². The Kier molecular flexibility index (Phi) is 4.83. The summed E-state index contributed by atoms with van der Waals surface area (Å²) in [5.74, 6) is 1.16. The molecule has 1 aromatic carbocycles. The first-order valence-electron chi connectivity index (χ1n) is 8.19. The third kappa shape index (κ3) is 3.35. The van der Waals surface area contributed by atoms with Crippen LogP contribution in [0.2, 0.25) is 0 Å². The third-order valence-corrected chi connectivity index (χ3v) is 4.62. The molecule has 1 aromatic rings. The van der Waals surface area contributed by atoms with E-state index in [-0.39, 0.29) is 11.9 Å². The summed E-state index contributed by atoms with van der Waals surface area (Å²) in [6, 6.07) is 8.16. The fourth-order valence-electron chi connectivity index (χ4n) is 3.28. The second-order valence-electron chi connectivity index (χ2n) is 6.02. The number of anilines is 1. The zero-order valence-corrected chi connectivity index (χ0v) is 13.3. The summed E-state index contributed by atoms with van der Waals surface area (Å²) in [6.07, 6.45) is 3.33. The first-order valence-corrected chi connectivity index (χ1v) is 8.19. The molecule has 0 aliphatic carbocycles. The van der Waals surface area contributed by atoms with Crippen molar-refractivity contribution < 1.29 is 9.53 Å². The second kappa shape index (κ2) is 7.01. The van der Waals surface area contributed by atoms with Crippen LogP contribution in [0, 0.1) is 0 Å². The molecule has 0 spiro atoms. The number of nitrogens with one attached hydrogen (secondary N) is 1. The van der Waals surface area contributed by atoms with Crippen LogP contribution in [0.1, 0.15) is 19.3 Å². The highest BCUT2D eigenvalue weighted by atomic mass is 16.5. The van der Waals surface area contributed by atoms with Crippen LogP contribution >= 0.6 is 0 Å². The monoisotopic (exact) mass is 303 g/mol. The second-order valence-corrected chi connectivity index (χ2v) is 6.02. The van der Waals surface area contributed by atoms with E-state index in [4.69, 9.17) is 4.74 Å². The number of hydrogen-bond acceptors (Lipinski definition) is 4. The highest BCUT2D eigenvalue weighted by Gasteiger charge is 2.28. The van der Waals surface area contributed by atoms with Crippen LogP contribution in [0.15, 0.2) is 24.3 Å². The van der Waals surface area contributed by atoms with Gasteiger partial charge in [-0.3, -0.25) is 4.79 Å². The maximum absolute atomic E-state index is 12.5. The summed E-state index contributed by atoms with van der Waals surface area (Å²) in [6.45, 7) is 4.33. The lowest BCUT2D eigenvalue weighted by Gasteiger charge is -2.38. The van der Waals surface area contributed by atoms with Crippen LogP contribution in [0.5, 0.6) is 5.75 Å². The molecule has 22 heavy (non-hydrogen) atoms. The molecule has 2 saturated heterocycles. The molecule has 2 fully saturated rings. The van der Waals surface area contributed by atoms with Crippen LogP contribution in [0.3, 0.4) is 0 Å². The van der Waals surface area contributed by atoms with Crippen LogP contribution < -0.4 is 15.0 Å². The minimum absolute atomic E-state index is 0.0390. The largest absolute Gasteiger partial charge is 0.497 e. The number of methoxy groups -OCH3 is 1. The molecule has 1 amide bonds. The molecule has 2 heterocycles. The van der Waals surface area contributed by atoms with Crippen molar-refractivity contribution in [2.45, 2.75) is 25.3 Å². The number of piperazine rings is 1. The highest BCUT2D eigenvalue weighted by Crippen LogP contribution is 2.22. The Hall–Kier alpha value is -1.75. The Morgan fingerprint density at radius 3 is 2.73 bits per heavy atom. The van der Waals surface area contributed by atoms with E-state index in [0.717, 1.165) is 51.3 Å². The lowest BCUT2D eigenvalue weighted by atomic mass is 10.0. The Morgan fingerprint density at radius 1 is 1.23 bits per heavy atom. The number of hydrogen-bond donors (Lipinski definition) is 1. The normalized spacial score (nSPS) is 22.5. The van der Waals surface area contributed by atoms with Gasteiger partial charge >= 0.3 is 0 Å². The van der Waals surface area contributed by atoms with Gasteiger partial charge in [0.15, 0.2) is 0 Å². The molecule has 0 bridgehead atoms. The molecule has 3 rings (SSSR count). The molecule has 0 saturated carbocycles. The minimum atomic E-state index is 0.0390. The Balaban J connectivity index is 1.56. The van der Waals surface area contributed by atoms with E-state index in [9.17, 15) is 4.79 Å². The van der Waals surface area contributed by atoms with E-state index in [2.05, 4.69) is 22.3 Å². The molecule has 2 aliphatic rings. The van der Waals surface area contributed by atoms with Crippen molar-refractivity contribution in [2.24, 2.45) is 0 Å². The van der Waals surface area contributed by atoms with Gasteiger partial charge in [0.1, 0.15) is 5.75 Å². The number of rotatable bonds is 3. The fourth-order valence-corrected chi connectivity index (χ4v) is 3.28. The van der Waals surface area contributed by atoms with Gasteiger partial charge in [-0.15, -0.1) is 0 Å². The zero-order chi connectivity index (χ0) is 15.4.